The average molecular weight is 170 g/mol. The fraction of sp³-hybridized carbons (Fsp3) is 1.00. The van der Waals surface area contributed by atoms with E-state index in [1.807, 2.05) is 0 Å². The zero-order valence-electron chi connectivity index (χ0n) is 7.77. The molecule has 70 valence electrons. The Morgan fingerprint density at radius 2 is 1.50 bits per heavy atom. The zero-order valence-corrected chi connectivity index (χ0v) is 7.77. The largest absolute Gasteiger partial charge is 0.247 e. The van der Waals surface area contributed by atoms with Gasteiger partial charge in [0.25, 0.3) is 0 Å². The van der Waals surface area contributed by atoms with E-state index in [0.29, 0.717) is 5.92 Å². The summed E-state index contributed by atoms with van der Waals surface area (Å²) in [4.78, 5) is 0. The van der Waals surface area contributed by atoms with Gasteiger partial charge < -0.3 is 0 Å². The van der Waals surface area contributed by atoms with Crippen LogP contribution in [0.1, 0.15) is 51.4 Å². The van der Waals surface area contributed by atoms with Crippen molar-refractivity contribution in [3.05, 3.63) is 0 Å². The topological polar surface area (TPSA) is 0 Å². The van der Waals surface area contributed by atoms with E-state index >= 15 is 0 Å². The summed E-state index contributed by atoms with van der Waals surface area (Å²) in [6, 6.07) is 0. The van der Waals surface area contributed by atoms with Crippen LogP contribution in [0.15, 0.2) is 0 Å². The van der Waals surface area contributed by atoms with Gasteiger partial charge in [-0.1, -0.05) is 38.5 Å². The van der Waals surface area contributed by atoms with E-state index in [2.05, 4.69) is 0 Å². The minimum absolute atomic E-state index is 0.449. The van der Waals surface area contributed by atoms with Crippen molar-refractivity contribution in [1.82, 2.24) is 0 Å². The van der Waals surface area contributed by atoms with Crippen LogP contribution < -0.4 is 0 Å². The predicted molar refractivity (Wildman–Crippen MR) is 48.8 cm³/mol. The van der Waals surface area contributed by atoms with Crippen molar-refractivity contribution in [3.8, 4) is 0 Å². The maximum Gasteiger partial charge on any atom is 0.103 e. The summed E-state index contributed by atoms with van der Waals surface area (Å²) in [6.07, 6.45) is 9.43. The molecular weight excluding hydrogens is 151 g/mol. The Morgan fingerprint density at radius 1 is 0.750 bits per heavy atom. The quantitative estimate of drug-likeness (QED) is 0.563. The first-order valence-corrected chi connectivity index (χ1v) is 5.52. The molecule has 0 radical (unpaired) electrons. The van der Waals surface area contributed by atoms with E-state index in [1.54, 1.807) is 0 Å². The molecule has 0 heterocycles. The summed E-state index contributed by atoms with van der Waals surface area (Å²) >= 11 is 0. The molecule has 12 heavy (non-hydrogen) atoms. The second-order valence-electron chi connectivity index (χ2n) is 4.51. The van der Waals surface area contributed by atoms with Gasteiger partial charge in [0, 0.05) is 0 Å². The summed E-state index contributed by atoms with van der Waals surface area (Å²) in [7, 11) is 0. The van der Waals surface area contributed by atoms with E-state index in [-0.39, 0.29) is 0 Å². The Balaban J connectivity index is 1.89. The lowest BCUT2D eigenvalue weighted by Crippen LogP contribution is -2.22. The van der Waals surface area contributed by atoms with Crippen LogP contribution in [-0.4, -0.2) is 6.17 Å². The highest BCUT2D eigenvalue weighted by Crippen LogP contribution is 2.40. The van der Waals surface area contributed by atoms with Gasteiger partial charge in [0.1, 0.15) is 6.17 Å². The molecule has 0 aromatic heterocycles. The third kappa shape index (κ3) is 1.65. The molecule has 2 aliphatic rings. The van der Waals surface area contributed by atoms with Crippen molar-refractivity contribution in [3.63, 3.8) is 0 Å². The Hall–Kier alpha value is -0.0700. The Labute approximate surface area is 74.5 Å². The van der Waals surface area contributed by atoms with Gasteiger partial charge in [-0.15, -0.1) is 0 Å². The van der Waals surface area contributed by atoms with Crippen molar-refractivity contribution in [2.45, 2.75) is 57.5 Å². The van der Waals surface area contributed by atoms with Gasteiger partial charge in [0.15, 0.2) is 0 Å². The smallest absolute Gasteiger partial charge is 0.103 e. The lowest BCUT2D eigenvalue weighted by Gasteiger charge is -2.28. The molecular formula is C11H19F. The van der Waals surface area contributed by atoms with E-state index in [1.165, 1.54) is 38.5 Å². The monoisotopic (exact) mass is 170 g/mol. The Kier molecular flexibility index (Phi) is 2.67. The SMILES string of the molecule is F[C@H]1CCC[C@H]1C1CCCCC1. The predicted octanol–water partition coefficient (Wildman–Crippen LogP) is 3.70. The van der Waals surface area contributed by atoms with Gasteiger partial charge in [0.2, 0.25) is 0 Å². The highest BCUT2D eigenvalue weighted by atomic mass is 19.1. The molecule has 0 unspecified atom stereocenters. The molecule has 2 rings (SSSR count). The highest BCUT2D eigenvalue weighted by Gasteiger charge is 2.33. The first kappa shape index (κ1) is 8.52. The third-order valence-corrected chi connectivity index (χ3v) is 3.74. The van der Waals surface area contributed by atoms with E-state index in [4.69, 9.17) is 0 Å². The zero-order chi connectivity index (χ0) is 8.39. The normalized spacial score (nSPS) is 38.8. The lowest BCUT2D eigenvalue weighted by atomic mass is 9.79. The molecule has 0 aromatic rings. The van der Waals surface area contributed by atoms with Crippen molar-refractivity contribution in [2.75, 3.05) is 0 Å². The first-order chi connectivity index (χ1) is 5.88. The molecule has 2 atom stereocenters. The fourth-order valence-electron chi connectivity index (χ4n) is 3.04. The molecule has 0 nitrogen and oxygen atoms in total. The van der Waals surface area contributed by atoms with Crippen LogP contribution in [0, 0.1) is 11.8 Å². The molecule has 2 saturated carbocycles. The number of hydrogen-bond donors (Lipinski definition) is 0. The van der Waals surface area contributed by atoms with Crippen molar-refractivity contribution < 1.29 is 4.39 Å². The van der Waals surface area contributed by atoms with Gasteiger partial charge in [-0.3, -0.25) is 0 Å². The van der Waals surface area contributed by atoms with Gasteiger partial charge in [0.05, 0.1) is 0 Å². The second-order valence-corrected chi connectivity index (χ2v) is 4.51. The van der Waals surface area contributed by atoms with Crippen LogP contribution in [0.5, 0.6) is 0 Å². The minimum atomic E-state index is -0.451. The molecule has 0 saturated heterocycles. The van der Waals surface area contributed by atoms with Gasteiger partial charge in [-0.25, -0.2) is 4.39 Å². The van der Waals surface area contributed by atoms with Gasteiger partial charge in [-0.05, 0) is 24.7 Å². The molecule has 0 N–H and O–H groups in total. The molecule has 0 aliphatic heterocycles. The van der Waals surface area contributed by atoms with E-state index < -0.39 is 6.17 Å². The standard InChI is InChI=1S/C11H19F/c12-11-8-4-7-10(11)9-5-2-1-3-6-9/h9-11H,1-8H2/t10-,11-/m0/s1. The summed E-state index contributed by atoms with van der Waals surface area (Å²) in [6.45, 7) is 0. The molecule has 0 spiro atoms. The van der Waals surface area contributed by atoms with Crippen molar-refractivity contribution in [1.29, 1.82) is 0 Å². The van der Waals surface area contributed by atoms with Crippen molar-refractivity contribution in [2.24, 2.45) is 11.8 Å². The number of hydrogen-bond acceptors (Lipinski definition) is 0. The fourth-order valence-corrected chi connectivity index (χ4v) is 3.04. The summed E-state index contributed by atoms with van der Waals surface area (Å²) < 4.78 is 13.4. The average Bonchev–Trinajstić information content (AvgIpc) is 2.53. The summed E-state index contributed by atoms with van der Waals surface area (Å²) in [5, 5.41) is 0. The summed E-state index contributed by atoms with van der Waals surface area (Å²) in [5.74, 6) is 1.20. The molecule has 0 bridgehead atoms. The lowest BCUT2D eigenvalue weighted by molar-refractivity contribution is 0.161. The summed E-state index contributed by atoms with van der Waals surface area (Å²) in [5.41, 5.74) is 0. The molecule has 2 fully saturated rings. The van der Waals surface area contributed by atoms with Gasteiger partial charge >= 0.3 is 0 Å². The van der Waals surface area contributed by atoms with Crippen LogP contribution in [-0.2, 0) is 0 Å². The maximum atomic E-state index is 13.4. The van der Waals surface area contributed by atoms with Crippen LogP contribution in [0.3, 0.4) is 0 Å². The third-order valence-electron chi connectivity index (χ3n) is 3.74. The Bertz CT molecular complexity index is 138. The van der Waals surface area contributed by atoms with Crippen LogP contribution in [0.2, 0.25) is 0 Å². The van der Waals surface area contributed by atoms with Crippen molar-refractivity contribution >= 4 is 0 Å². The van der Waals surface area contributed by atoms with Crippen LogP contribution >= 0.6 is 0 Å². The molecule has 1 heteroatoms. The highest BCUT2D eigenvalue weighted by molar-refractivity contribution is 4.84. The Morgan fingerprint density at radius 3 is 2.08 bits per heavy atom. The minimum Gasteiger partial charge on any atom is -0.247 e. The van der Waals surface area contributed by atoms with Gasteiger partial charge in [-0.2, -0.15) is 0 Å². The molecule has 0 amide bonds. The maximum absolute atomic E-state index is 13.4. The number of halogens is 1. The number of rotatable bonds is 1. The van der Waals surface area contributed by atoms with Crippen LogP contribution in [0.25, 0.3) is 0 Å². The van der Waals surface area contributed by atoms with E-state index in [0.717, 1.165) is 18.8 Å². The molecule has 2 aliphatic carbocycles. The second kappa shape index (κ2) is 3.76. The molecule has 0 aromatic carbocycles. The number of alkyl halides is 1. The first-order valence-electron chi connectivity index (χ1n) is 5.52. The van der Waals surface area contributed by atoms with E-state index in [9.17, 15) is 4.39 Å². The van der Waals surface area contributed by atoms with Crippen LogP contribution in [0.4, 0.5) is 4.39 Å².